The first-order valence-corrected chi connectivity index (χ1v) is 7.33. The lowest BCUT2D eigenvalue weighted by molar-refractivity contribution is -0.123. The highest BCUT2D eigenvalue weighted by Gasteiger charge is 2.13. The number of benzene rings is 1. The number of hydrogen-bond acceptors (Lipinski definition) is 3. The van der Waals surface area contributed by atoms with Crippen LogP contribution in [-0.4, -0.2) is 11.9 Å². The maximum atomic E-state index is 13.6. The predicted molar refractivity (Wildman–Crippen MR) is 81.0 cm³/mol. The zero-order valence-corrected chi connectivity index (χ0v) is 13.1. The number of furan rings is 1. The number of rotatable bonds is 6. The van der Waals surface area contributed by atoms with E-state index in [4.69, 9.17) is 4.42 Å². The average Bonchev–Trinajstić information content (AvgIpc) is 2.98. The molecule has 1 aromatic heterocycles. The molecule has 0 spiro atoms. The lowest BCUT2D eigenvalue weighted by atomic mass is 10.2. The van der Waals surface area contributed by atoms with Gasteiger partial charge in [-0.2, -0.15) is 0 Å². The highest BCUT2D eigenvalue weighted by molar-refractivity contribution is 9.10. The van der Waals surface area contributed by atoms with Gasteiger partial charge in [-0.25, -0.2) is 4.39 Å². The fraction of sp³-hybridized carbons (Fsp3) is 0.267. The van der Waals surface area contributed by atoms with Gasteiger partial charge in [0.15, 0.2) is 0 Å². The van der Waals surface area contributed by atoms with Crippen molar-refractivity contribution in [3.63, 3.8) is 0 Å². The first-order chi connectivity index (χ1) is 10.1. The summed E-state index contributed by atoms with van der Waals surface area (Å²) >= 11 is 3.30. The van der Waals surface area contributed by atoms with E-state index in [-0.39, 0.29) is 18.3 Å². The number of amides is 1. The van der Waals surface area contributed by atoms with Crippen LogP contribution in [0.2, 0.25) is 0 Å². The molecule has 0 saturated heterocycles. The average molecular weight is 355 g/mol. The van der Waals surface area contributed by atoms with Crippen LogP contribution in [0.1, 0.15) is 18.2 Å². The van der Waals surface area contributed by atoms with Crippen molar-refractivity contribution in [2.24, 2.45) is 0 Å². The summed E-state index contributed by atoms with van der Waals surface area (Å²) in [5.41, 5.74) is 0.509. The summed E-state index contributed by atoms with van der Waals surface area (Å²) < 4.78 is 19.5. The molecule has 2 aromatic rings. The molecule has 0 aliphatic heterocycles. The first kappa shape index (κ1) is 15.7. The van der Waals surface area contributed by atoms with Crippen molar-refractivity contribution >= 4 is 21.8 Å². The molecule has 2 rings (SSSR count). The summed E-state index contributed by atoms with van der Waals surface area (Å²) in [4.78, 5) is 11.9. The van der Waals surface area contributed by atoms with Crippen LogP contribution < -0.4 is 10.6 Å². The second-order valence-electron chi connectivity index (χ2n) is 4.64. The van der Waals surface area contributed by atoms with Crippen molar-refractivity contribution in [2.75, 3.05) is 0 Å². The SMILES string of the molecule is CC(NCc1cc(Br)ccc1F)C(=O)NCc1ccco1. The van der Waals surface area contributed by atoms with E-state index in [9.17, 15) is 9.18 Å². The molecule has 21 heavy (non-hydrogen) atoms. The molecule has 0 saturated carbocycles. The molecule has 4 nitrogen and oxygen atoms in total. The Morgan fingerprint density at radius 3 is 2.90 bits per heavy atom. The molecule has 1 aromatic carbocycles. The number of nitrogens with one attached hydrogen (secondary N) is 2. The molecule has 0 aliphatic rings. The number of hydrogen-bond donors (Lipinski definition) is 2. The van der Waals surface area contributed by atoms with Gasteiger partial charge in [-0.05, 0) is 37.3 Å². The van der Waals surface area contributed by atoms with Gasteiger partial charge >= 0.3 is 0 Å². The van der Waals surface area contributed by atoms with Crippen LogP contribution in [0.4, 0.5) is 4.39 Å². The predicted octanol–water partition coefficient (Wildman–Crippen LogP) is 2.98. The van der Waals surface area contributed by atoms with Crippen molar-refractivity contribution in [3.05, 3.63) is 58.2 Å². The van der Waals surface area contributed by atoms with Crippen molar-refractivity contribution < 1.29 is 13.6 Å². The van der Waals surface area contributed by atoms with Crippen molar-refractivity contribution in [3.8, 4) is 0 Å². The number of carbonyl (C=O) groups is 1. The molecule has 0 aliphatic carbocycles. The summed E-state index contributed by atoms with van der Waals surface area (Å²) in [7, 11) is 0. The Morgan fingerprint density at radius 1 is 1.38 bits per heavy atom. The van der Waals surface area contributed by atoms with Crippen molar-refractivity contribution in [1.82, 2.24) is 10.6 Å². The van der Waals surface area contributed by atoms with Gasteiger partial charge in [0.2, 0.25) is 5.91 Å². The topological polar surface area (TPSA) is 54.3 Å². The standard InChI is InChI=1S/C15H16BrFN2O2/c1-10(15(20)19-9-13-3-2-6-21-13)18-8-11-7-12(16)4-5-14(11)17/h2-7,10,18H,8-9H2,1H3,(H,19,20). The lowest BCUT2D eigenvalue weighted by Gasteiger charge is -2.14. The zero-order chi connectivity index (χ0) is 15.2. The van der Waals surface area contributed by atoms with E-state index < -0.39 is 6.04 Å². The van der Waals surface area contributed by atoms with Crippen LogP contribution in [0.5, 0.6) is 0 Å². The lowest BCUT2D eigenvalue weighted by Crippen LogP contribution is -2.41. The molecule has 2 N–H and O–H groups in total. The van der Waals surface area contributed by atoms with Crippen LogP contribution in [0.25, 0.3) is 0 Å². The molecule has 1 unspecified atom stereocenters. The van der Waals surface area contributed by atoms with Crippen LogP contribution in [0, 0.1) is 5.82 Å². The maximum absolute atomic E-state index is 13.6. The van der Waals surface area contributed by atoms with Gasteiger partial charge in [0.25, 0.3) is 0 Å². The third kappa shape index (κ3) is 4.68. The minimum absolute atomic E-state index is 0.165. The molecule has 1 heterocycles. The van der Waals surface area contributed by atoms with Gasteiger partial charge in [0.1, 0.15) is 11.6 Å². The molecule has 6 heteroatoms. The Balaban J connectivity index is 1.82. The molecular weight excluding hydrogens is 339 g/mol. The monoisotopic (exact) mass is 354 g/mol. The summed E-state index contributed by atoms with van der Waals surface area (Å²) in [5.74, 6) is 0.226. The third-order valence-corrected chi connectivity index (χ3v) is 3.51. The summed E-state index contributed by atoms with van der Waals surface area (Å²) in [6.07, 6.45) is 1.55. The van der Waals surface area contributed by atoms with Gasteiger partial charge in [0, 0.05) is 16.6 Å². The largest absolute Gasteiger partial charge is 0.467 e. The van der Waals surface area contributed by atoms with E-state index in [1.807, 2.05) is 0 Å². The first-order valence-electron chi connectivity index (χ1n) is 6.53. The molecule has 0 radical (unpaired) electrons. The number of halogens is 2. The highest BCUT2D eigenvalue weighted by Crippen LogP contribution is 2.15. The summed E-state index contributed by atoms with van der Waals surface area (Å²) in [5, 5.41) is 5.74. The quantitative estimate of drug-likeness (QED) is 0.838. The minimum atomic E-state index is -0.432. The van der Waals surface area contributed by atoms with Crippen LogP contribution in [0.3, 0.4) is 0 Å². The van der Waals surface area contributed by atoms with E-state index in [1.54, 1.807) is 37.5 Å². The second kappa shape index (κ2) is 7.38. The van der Waals surface area contributed by atoms with Gasteiger partial charge in [0.05, 0.1) is 18.8 Å². The smallest absolute Gasteiger partial charge is 0.237 e. The van der Waals surface area contributed by atoms with Gasteiger partial charge < -0.3 is 15.1 Å². The van der Waals surface area contributed by atoms with Crippen LogP contribution in [-0.2, 0) is 17.9 Å². The molecule has 1 atom stereocenters. The molecule has 0 fully saturated rings. The minimum Gasteiger partial charge on any atom is -0.467 e. The maximum Gasteiger partial charge on any atom is 0.237 e. The van der Waals surface area contributed by atoms with Crippen LogP contribution in [0.15, 0.2) is 45.5 Å². The molecule has 0 bridgehead atoms. The van der Waals surface area contributed by atoms with Gasteiger partial charge in [-0.15, -0.1) is 0 Å². The Morgan fingerprint density at radius 2 is 2.19 bits per heavy atom. The van der Waals surface area contributed by atoms with E-state index >= 15 is 0 Å². The van der Waals surface area contributed by atoms with E-state index in [0.717, 1.165) is 4.47 Å². The van der Waals surface area contributed by atoms with Gasteiger partial charge in [-0.1, -0.05) is 15.9 Å². The highest BCUT2D eigenvalue weighted by atomic mass is 79.9. The number of carbonyl (C=O) groups excluding carboxylic acids is 1. The molecule has 112 valence electrons. The van der Waals surface area contributed by atoms with Crippen molar-refractivity contribution in [1.29, 1.82) is 0 Å². The fourth-order valence-corrected chi connectivity index (χ4v) is 2.18. The van der Waals surface area contributed by atoms with E-state index in [1.165, 1.54) is 6.07 Å². The third-order valence-electron chi connectivity index (χ3n) is 3.02. The summed E-state index contributed by atoms with van der Waals surface area (Å²) in [6, 6.07) is 7.84. The van der Waals surface area contributed by atoms with Gasteiger partial charge in [-0.3, -0.25) is 4.79 Å². The molecule has 1 amide bonds. The Bertz CT molecular complexity index is 602. The van der Waals surface area contributed by atoms with E-state index in [2.05, 4.69) is 26.6 Å². The van der Waals surface area contributed by atoms with Crippen LogP contribution >= 0.6 is 15.9 Å². The Hall–Kier alpha value is -1.66. The Labute approximate surface area is 130 Å². The molecular formula is C15H16BrFN2O2. The zero-order valence-electron chi connectivity index (χ0n) is 11.5. The van der Waals surface area contributed by atoms with Crippen molar-refractivity contribution in [2.45, 2.75) is 26.1 Å². The fourth-order valence-electron chi connectivity index (χ4n) is 1.78. The van der Waals surface area contributed by atoms with E-state index in [0.29, 0.717) is 17.9 Å². The second-order valence-corrected chi connectivity index (χ2v) is 5.55. The Kier molecular flexibility index (Phi) is 5.52. The summed E-state index contributed by atoms with van der Waals surface area (Å²) in [6.45, 7) is 2.34. The normalized spacial score (nSPS) is 12.1.